The fraction of sp³-hybridized carbons (Fsp3) is 0.348. The lowest BCUT2D eigenvalue weighted by molar-refractivity contribution is -0.119. The van der Waals surface area contributed by atoms with Gasteiger partial charge in [-0.2, -0.15) is 0 Å². The minimum atomic E-state index is 0.0313. The molecule has 1 atom stereocenters. The lowest BCUT2D eigenvalue weighted by atomic mass is 10.2. The van der Waals surface area contributed by atoms with Gasteiger partial charge >= 0.3 is 0 Å². The molecule has 0 bridgehead atoms. The number of amides is 1. The maximum Gasteiger partial charge on any atom is 0.230 e. The molecule has 0 radical (unpaired) electrons. The van der Waals surface area contributed by atoms with E-state index in [0.717, 1.165) is 22.8 Å². The van der Waals surface area contributed by atoms with Gasteiger partial charge in [0.05, 0.1) is 12.9 Å². The standard InChI is InChI=1S/C23H26N4O2S/c1-15-4-10-19(11-5-15)27-22(18-8-12-20(29-3)13-9-18)25-26-23(27)30-14-21(28)24-16(2)17-6-7-17/h4-5,8-13,16-17H,6-7,14H2,1-3H3,(H,24,28). The summed E-state index contributed by atoms with van der Waals surface area (Å²) in [5, 5.41) is 12.6. The molecule has 0 spiro atoms. The van der Waals surface area contributed by atoms with Crippen molar-refractivity contribution in [1.29, 1.82) is 0 Å². The number of carbonyl (C=O) groups is 1. The first-order valence-electron chi connectivity index (χ1n) is 10.1. The van der Waals surface area contributed by atoms with E-state index >= 15 is 0 Å². The van der Waals surface area contributed by atoms with E-state index in [9.17, 15) is 4.79 Å². The maximum absolute atomic E-state index is 12.4. The molecule has 6 nitrogen and oxygen atoms in total. The number of carbonyl (C=O) groups excluding carboxylic acids is 1. The highest BCUT2D eigenvalue weighted by Gasteiger charge is 2.29. The largest absolute Gasteiger partial charge is 0.497 e. The van der Waals surface area contributed by atoms with E-state index in [1.807, 2.05) is 41.0 Å². The second-order valence-electron chi connectivity index (χ2n) is 7.69. The van der Waals surface area contributed by atoms with Gasteiger partial charge in [-0.3, -0.25) is 9.36 Å². The van der Waals surface area contributed by atoms with Gasteiger partial charge in [0.25, 0.3) is 0 Å². The van der Waals surface area contributed by atoms with Crippen LogP contribution in [-0.4, -0.2) is 39.6 Å². The Morgan fingerprint density at radius 2 is 1.87 bits per heavy atom. The topological polar surface area (TPSA) is 69.0 Å². The Kier molecular flexibility index (Phi) is 6.08. The minimum absolute atomic E-state index is 0.0313. The van der Waals surface area contributed by atoms with Crippen molar-refractivity contribution in [2.75, 3.05) is 12.9 Å². The van der Waals surface area contributed by atoms with E-state index in [1.54, 1.807) is 7.11 Å². The number of hydrogen-bond acceptors (Lipinski definition) is 5. The number of methoxy groups -OCH3 is 1. The lowest BCUT2D eigenvalue weighted by Gasteiger charge is -2.13. The molecule has 1 aromatic heterocycles. The average molecular weight is 423 g/mol. The van der Waals surface area contributed by atoms with Gasteiger partial charge in [0.1, 0.15) is 5.75 Å². The number of ether oxygens (including phenoxy) is 1. The quantitative estimate of drug-likeness (QED) is 0.550. The molecule has 3 aromatic rings. The van der Waals surface area contributed by atoms with E-state index in [0.29, 0.717) is 16.8 Å². The van der Waals surface area contributed by atoms with Crippen LogP contribution in [0.15, 0.2) is 53.7 Å². The Morgan fingerprint density at radius 1 is 1.17 bits per heavy atom. The van der Waals surface area contributed by atoms with Crippen LogP contribution in [0.1, 0.15) is 25.3 Å². The molecule has 1 amide bonds. The number of rotatable bonds is 8. The number of aryl methyl sites for hydroxylation is 1. The van der Waals surface area contributed by atoms with Crippen molar-refractivity contribution in [3.63, 3.8) is 0 Å². The molecular weight excluding hydrogens is 396 g/mol. The van der Waals surface area contributed by atoms with Crippen LogP contribution >= 0.6 is 11.8 Å². The second kappa shape index (κ2) is 8.92. The number of nitrogens with zero attached hydrogens (tertiary/aromatic N) is 3. The Hall–Kier alpha value is -2.80. The van der Waals surface area contributed by atoms with E-state index in [4.69, 9.17) is 4.74 Å². The molecule has 0 aliphatic heterocycles. The highest BCUT2D eigenvalue weighted by Crippen LogP contribution is 2.32. The third-order valence-corrected chi connectivity index (χ3v) is 6.25. The van der Waals surface area contributed by atoms with Crippen LogP contribution in [0.3, 0.4) is 0 Å². The Labute approximate surface area is 181 Å². The van der Waals surface area contributed by atoms with Gasteiger partial charge in [-0.15, -0.1) is 10.2 Å². The molecule has 156 valence electrons. The van der Waals surface area contributed by atoms with Crippen molar-refractivity contribution in [3.8, 4) is 22.8 Å². The van der Waals surface area contributed by atoms with Crippen molar-refractivity contribution < 1.29 is 9.53 Å². The SMILES string of the molecule is COc1ccc(-c2nnc(SCC(=O)NC(C)C3CC3)n2-c2ccc(C)cc2)cc1. The van der Waals surface area contributed by atoms with Crippen molar-refractivity contribution in [2.24, 2.45) is 5.92 Å². The fourth-order valence-corrected chi connectivity index (χ4v) is 4.12. The van der Waals surface area contributed by atoms with Gasteiger partial charge in [-0.05, 0) is 69.0 Å². The summed E-state index contributed by atoms with van der Waals surface area (Å²) in [6.07, 6.45) is 2.42. The number of thioether (sulfide) groups is 1. The molecule has 1 aliphatic carbocycles. The molecule has 2 aromatic carbocycles. The van der Waals surface area contributed by atoms with Crippen molar-refractivity contribution >= 4 is 17.7 Å². The smallest absolute Gasteiger partial charge is 0.230 e. The van der Waals surface area contributed by atoms with Crippen molar-refractivity contribution in [2.45, 2.75) is 37.9 Å². The summed E-state index contributed by atoms with van der Waals surface area (Å²) in [4.78, 5) is 12.4. The van der Waals surface area contributed by atoms with Crippen molar-refractivity contribution in [3.05, 3.63) is 54.1 Å². The van der Waals surface area contributed by atoms with E-state index in [-0.39, 0.29) is 11.9 Å². The highest BCUT2D eigenvalue weighted by molar-refractivity contribution is 7.99. The highest BCUT2D eigenvalue weighted by atomic mass is 32.2. The first-order chi connectivity index (χ1) is 14.5. The van der Waals surface area contributed by atoms with Gasteiger partial charge in [0.15, 0.2) is 11.0 Å². The van der Waals surface area contributed by atoms with Gasteiger partial charge in [-0.1, -0.05) is 29.5 Å². The van der Waals surface area contributed by atoms with Gasteiger partial charge in [-0.25, -0.2) is 0 Å². The third-order valence-electron chi connectivity index (χ3n) is 5.32. The predicted octanol–water partition coefficient (Wildman–Crippen LogP) is 4.26. The zero-order valence-corrected chi connectivity index (χ0v) is 18.3. The predicted molar refractivity (Wildman–Crippen MR) is 119 cm³/mol. The van der Waals surface area contributed by atoms with E-state index in [1.165, 1.54) is 30.2 Å². The molecule has 1 heterocycles. The summed E-state index contributed by atoms with van der Waals surface area (Å²) in [6, 6.07) is 16.2. The summed E-state index contributed by atoms with van der Waals surface area (Å²) in [6.45, 7) is 4.14. The van der Waals surface area contributed by atoms with Crippen LogP contribution in [-0.2, 0) is 4.79 Å². The third kappa shape index (κ3) is 4.67. The summed E-state index contributed by atoms with van der Waals surface area (Å²) in [5.41, 5.74) is 3.08. The first-order valence-corrected chi connectivity index (χ1v) is 11.1. The molecule has 7 heteroatoms. The molecule has 1 saturated carbocycles. The normalized spacial score (nSPS) is 14.4. The Bertz CT molecular complexity index is 1010. The zero-order valence-electron chi connectivity index (χ0n) is 17.5. The van der Waals surface area contributed by atoms with E-state index in [2.05, 4.69) is 41.5 Å². The average Bonchev–Trinajstić information content (AvgIpc) is 3.53. The first kappa shape index (κ1) is 20.5. The van der Waals surface area contributed by atoms with Crippen molar-refractivity contribution in [1.82, 2.24) is 20.1 Å². The molecule has 1 fully saturated rings. The second-order valence-corrected chi connectivity index (χ2v) is 8.63. The molecule has 1 unspecified atom stereocenters. The summed E-state index contributed by atoms with van der Waals surface area (Å²) >= 11 is 1.40. The zero-order chi connectivity index (χ0) is 21.1. The van der Waals surface area contributed by atoms with Crippen LogP contribution in [0, 0.1) is 12.8 Å². The van der Waals surface area contributed by atoms with Gasteiger partial charge < -0.3 is 10.1 Å². The van der Waals surface area contributed by atoms with Gasteiger partial charge in [0.2, 0.25) is 5.91 Å². The van der Waals surface area contributed by atoms with Crippen LogP contribution in [0.2, 0.25) is 0 Å². The Balaban J connectivity index is 1.60. The fourth-order valence-electron chi connectivity index (χ4n) is 3.36. The molecule has 30 heavy (non-hydrogen) atoms. The number of benzene rings is 2. The summed E-state index contributed by atoms with van der Waals surface area (Å²) in [5.74, 6) is 2.50. The monoisotopic (exact) mass is 422 g/mol. The number of aromatic nitrogens is 3. The van der Waals surface area contributed by atoms with E-state index < -0.39 is 0 Å². The Morgan fingerprint density at radius 3 is 2.50 bits per heavy atom. The molecule has 0 saturated heterocycles. The lowest BCUT2D eigenvalue weighted by Crippen LogP contribution is -2.35. The summed E-state index contributed by atoms with van der Waals surface area (Å²) in [7, 11) is 1.65. The summed E-state index contributed by atoms with van der Waals surface area (Å²) < 4.78 is 7.27. The van der Waals surface area contributed by atoms with Crippen LogP contribution in [0.5, 0.6) is 5.75 Å². The maximum atomic E-state index is 12.4. The number of nitrogens with one attached hydrogen (secondary N) is 1. The molecule has 1 N–H and O–H groups in total. The molecule has 4 rings (SSSR count). The van der Waals surface area contributed by atoms with Gasteiger partial charge in [0, 0.05) is 17.3 Å². The molecular formula is C23H26N4O2S. The van der Waals surface area contributed by atoms with Crippen LogP contribution in [0.25, 0.3) is 17.1 Å². The number of hydrogen-bond donors (Lipinski definition) is 1. The van der Waals surface area contributed by atoms with Crippen LogP contribution in [0.4, 0.5) is 0 Å². The minimum Gasteiger partial charge on any atom is -0.497 e. The van der Waals surface area contributed by atoms with Crippen LogP contribution < -0.4 is 10.1 Å². The molecule has 1 aliphatic rings.